The minimum absolute atomic E-state index is 0. The van der Waals surface area contributed by atoms with E-state index in [1.807, 2.05) is 20.8 Å². The number of rotatable bonds is 4. The standard InChI is InChI=1S/C19H27F3N2O2.ClH/c1-18(2,3)26-17(25)24-10-8-15(9-11-24)13-23-12-14-4-6-16(7-5-14)19(20,21)22;/h4-7,15,23H,8-13H2,1-3H3;1H. The van der Waals surface area contributed by atoms with Gasteiger partial charge in [-0.15, -0.1) is 12.4 Å². The van der Waals surface area contributed by atoms with E-state index in [1.165, 1.54) is 12.1 Å². The summed E-state index contributed by atoms with van der Waals surface area (Å²) in [7, 11) is 0. The highest BCUT2D eigenvalue weighted by Gasteiger charge is 2.30. The summed E-state index contributed by atoms with van der Waals surface area (Å²) in [6.45, 7) is 8.20. The summed E-state index contributed by atoms with van der Waals surface area (Å²) in [4.78, 5) is 13.8. The highest BCUT2D eigenvalue weighted by molar-refractivity contribution is 5.85. The normalized spacial score (nSPS) is 16.0. The Bertz CT molecular complexity index is 592. The largest absolute Gasteiger partial charge is 0.444 e. The molecule has 154 valence electrons. The van der Waals surface area contributed by atoms with Crippen molar-refractivity contribution in [2.75, 3.05) is 19.6 Å². The van der Waals surface area contributed by atoms with Crippen molar-refractivity contribution in [3.8, 4) is 0 Å². The molecule has 0 spiro atoms. The Balaban J connectivity index is 0.00000364. The van der Waals surface area contributed by atoms with Gasteiger partial charge in [-0.25, -0.2) is 4.79 Å². The zero-order valence-corrected chi connectivity index (χ0v) is 16.8. The van der Waals surface area contributed by atoms with Gasteiger partial charge < -0.3 is 15.0 Å². The van der Waals surface area contributed by atoms with Crippen molar-refractivity contribution < 1.29 is 22.7 Å². The van der Waals surface area contributed by atoms with Crippen LogP contribution in [0.1, 0.15) is 44.7 Å². The molecule has 0 bridgehead atoms. The second kappa shape index (κ2) is 9.64. The van der Waals surface area contributed by atoms with Crippen LogP contribution < -0.4 is 5.32 Å². The van der Waals surface area contributed by atoms with Crippen molar-refractivity contribution in [1.82, 2.24) is 10.2 Å². The Labute approximate surface area is 164 Å². The maximum atomic E-state index is 12.5. The van der Waals surface area contributed by atoms with Gasteiger partial charge in [-0.2, -0.15) is 13.2 Å². The van der Waals surface area contributed by atoms with Crippen molar-refractivity contribution >= 4 is 18.5 Å². The number of nitrogens with one attached hydrogen (secondary N) is 1. The molecule has 1 aliphatic rings. The number of ether oxygens (including phenoxy) is 1. The first-order valence-electron chi connectivity index (χ1n) is 8.89. The average molecular weight is 409 g/mol. The van der Waals surface area contributed by atoms with Gasteiger partial charge in [0, 0.05) is 19.6 Å². The summed E-state index contributed by atoms with van der Waals surface area (Å²) < 4.78 is 43.0. The molecule has 0 saturated carbocycles. The number of hydrogen-bond donors (Lipinski definition) is 1. The van der Waals surface area contributed by atoms with Crippen LogP contribution in [-0.4, -0.2) is 36.2 Å². The number of likely N-dealkylation sites (tertiary alicyclic amines) is 1. The molecule has 1 aromatic carbocycles. The van der Waals surface area contributed by atoms with E-state index in [-0.39, 0.29) is 18.5 Å². The smallest absolute Gasteiger partial charge is 0.416 e. The number of piperidine rings is 1. The molecule has 8 heteroatoms. The first-order chi connectivity index (χ1) is 12.0. The fourth-order valence-electron chi connectivity index (χ4n) is 2.88. The van der Waals surface area contributed by atoms with Crippen LogP contribution in [0.15, 0.2) is 24.3 Å². The SMILES string of the molecule is CC(C)(C)OC(=O)N1CCC(CNCc2ccc(C(F)(F)F)cc2)CC1.Cl. The van der Waals surface area contributed by atoms with Gasteiger partial charge in [-0.1, -0.05) is 12.1 Å². The molecule has 27 heavy (non-hydrogen) atoms. The van der Waals surface area contributed by atoms with Crippen molar-refractivity contribution in [2.45, 2.75) is 51.9 Å². The van der Waals surface area contributed by atoms with Crippen molar-refractivity contribution in [3.05, 3.63) is 35.4 Å². The van der Waals surface area contributed by atoms with Crippen LogP contribution in [0.5, 0.6) is 0 Å². The molecule has 1 amide bonds. The number of alkyl halides is 3. The van der Waals surface area contributed by atoms with Gasteiger partial charge in [0.1, 0.15) is 5.60 Å². The van der Waals surface area contributed by atoms with E-state index in [1.54, 1.807) is 4.90 Å². The Hall–Kier alpha value is -1.47. The Morgan fingerprint density at radius 2 is 1.70 bits per heavy atom. The van der Waals surface area contributed by atoms with Crippen molar-refractivity contribution in [3.63, 3.8) is 0 Å². The molecule has 0 unspecified atom stereocenters. The summed E-state index contributed by atoms with van der Waals surface area (Å²) in [5, 5.41) is 3.30. The van der Waals surface area contributed by atoms with Gasteiger partial charge >= 0.3 is 12.3 Å². The predicted molar refractivity (Wildman–Crippen MR) is 101 cm³/mol. The second-order valence-corrected chi connectivity index (χ2v) is 7.74. The number of hydrogen-bond acceptors (Lipinski definition) is 3. The van der Waals surface area contributed by atoms with E-state index in [0.717, 1.165) is 37.1 Å². The number of carbonyl (C=O) groups excluding carboxylic acids is 1. The fourth-order valence-corrected chi connectivity index (χ4v) is 2.88. The number of nitrogens with zero attached hydrogens (tertiary/aromatic N) is 1. The molecule has 4 nitrogen and oxygen atoms in total. The van der Waals surface area contributed by atoms with Gasteiger partial charge in [0.05, 0.1) is 5.56 Å². The summed E-state index contributed by atoms with van der Waals surface area (Å²) in [6.07, 6.45) is -2.79. The van der Waals surface area contributed by atoms with E-state index in [0.29, 0.717) is 25.6 Å². The van der Waals surface area contributed by atoms with Crippen molar-refractivity contribution in [2.24, 2.45) is 5.92 Å². The van der Waals surface area contributed by atoms with E-state index in [9.17, 15) is 18.0 Å². The monoisotopic (exact) mass is 408 g/mol. The molecular weight excluding hydrogens is 381 g/mol. The summed E-state index contributed by atoms with van der Waals surface area (Å²) in [6, 6.07) is 5.22. The predicted octanol–water partition coefficient (Wildman–Crippen LogP) is 4.86. The average Bonchev–Trinajstić information content (AvgIpc) is 2.53. The topological polar surface area (TPSA) is 41.6 Å². The van der Waals surface area contributed by atoms with Gasteiger partial charge in [0.15, 0.2) is 0 Å². The molecule has 0 aliphatic carbocycles. The molecule has 0 atom stereocenters. The molecule has 1 N–H and O–H groups in total. The minimum atomic E-state index is -4.30. The van der Waals surface area contributed by atoms with Crippen LogP contribution in [0, 0.1) is 5.92 Å². The van der Waals surface area contributed by atoms with Crippen molar-refractivity contribution in [1.29, 1.82) is 0 Å². The number of benzene rings is 1. The third-order valence-corrected chi connectivity index (χ3v) is 4.31. The maximum Gasteiger partial charge on any atom is 0.416 e. The van der Waals surface area contributed by atoms with E-state index < -0.39 is 17.3 Å². The maximum absolute atomic E-state index is 12.5. The molecule has 1 aliphatic heterocycles. The zero-order chi connectivity index (χ0) is 19.4. The highest BCUT2D eigenvalue weighted by Crippen LogP contribution is 2.29. The van der Waals surface area contributed by atoms with Crippen LogP contribution in [-0.2, 0) is 17.5 Å². The third-order valence-electron chi connectivity index (χ3n) is 4.31. The van der Waals surface area contributed by atoms with E-state index in [2.05, 4.69) is 5.32 Å². The lowest BCUT2D eigenvalue weighted by atomic mass is 9.97. The second-order valence-electron chi connectivity index (χ2n) is 7.74. The van der Waals surface area contributed by atoms with Crippen LogP contribution in [0.4, 0.5) is 18.0 Å². The summed E-state index contributed by atoms with van der Waals surface area (Å²) >= 11 is 0. The van der Waals surface area contributed by atoms with Gasteiger partial charge in [0.25, 0.3) is 0 Å². The van der Waals surface area contributed by atoms with Crippen LogP contribution in [0.25, 0.3) is 0 Å². The molecule has 1 fully saturated rings. The molecule has 0 radical (unpaired) electrons. The number of amides is 1. The first-order valence-corrected chi connectivity index (χ1v) is 8.89. The molecule has 0 aromatic heterocycles. The summed E-state index contributed by atoms with van der Waals surface area (Å²) in [5.74, 6) is 0.447. The molecule has 1 heterocycles. The quantitative estimate of drug-likeness (QED) is 0.773. The lowest BCUT2D eigenvalue weighted by Gasteiger charge is -2.33. The van der Waals surface area contributed by atoms with Gasteiger partial charge in [-0.3, -0.25) is 0 Å². The molecular formula is C19H28ClF3N2O2. The Kier molecular flexibility index (Phi) is 8.42. The van der Waals surface area contributed by atoms with Gasteiger partial charge in [0.2, 0.25) is 0 Å². The van der Waals surface area contributed by atoms with E-state index >= 15 is 0 Å². The van der Waals surface area contributed by atoms with E-state index in [4.69, 9.17) is 4.74 Å². The lowest BCUT2D eigenvalue weighted by Crippen LogP contribution is -2.43. The molecule has 1 aromatic rings. The van der Waals surface area contributed by atoms with Crippen LogP contribution >= 0.6 is 12.4 Å². The number of carbonyl (C=O) groups is 1. The highest BCUT2D eigenvalue weighted by atomic mass is 35.5. The molecule has 1 saturated heterocycles. The van der Waals surface area contributed by atoms with Crippen LogP contribution in [0.3, 0.4) is 0 Å². The first kappa shape index (κ1) is 23.6. The van der Waals surface area contributed by atoms with Crippen LogP contribution in [0.2, 0.25) is 0 Å². The lowest BCUT2D eigenvalue weighted by molar-refractivity contribution is -0.137. The zero-order valence-electron chi connectivity index (χ0n) is 15.9. The van der Waals surface area contributed by atoms with Gasteiger partial charge in [-0.05, 0) is 63.8 Å². The Morgan fingerprint density at radius 1 is 1.15 bits per heavy atom. The minimum Gasteiger partial charge on any atom is -0.444 e. The summed E-state index contributed by atoms with van der Waals surface area (Å²) in [5.41, 5.74) is -0.295. The number of halogens is 4. The fraction of sp³-hybridized carbons (Fsp3) is 0.632. The Morgan fingerprint density at radius 3 is 2.19 bits per heavy atom. The molecule has 2 rings (SSSR count). The third kappa shape index (κ3) is 7.97.